The molecule has 3 aromatic heterocycles. The van der Waals surface area contributed by atoms with Crippen LogP contribution in [0.15, 0.2) is 42.7 Å². The van der Waals surface area contributed by atoms with E-state index in [-0.39, 0.29) is 5.91 Å². The number of methoxy groups -OCH3 is 1. The summed E-state index contributed by atoms with van der Waals surface area (Å²) in [7, 11) is 1.56. The molecule has 0 spiro atoms. The largest absolute Gasteiger partial charge is 0.481 e. The molecule has 0 N–H and O–H groups in total. The predicted octanol–water partition coefficient (Wildman–Crippen LogP) is 3.71. The predicted molar refractivity (Wildman–Crippen MR) is 103 cm³/mol. The van der Waals surface area contributed by atoms with E-state index in [1.54, 1.807) is 31.6 Å². The Morgan fingerprint density at radius 1 is 1.15 bits per heavy atom. The quantitative estimate of drug-likeness (QED) is 0.690. The van der Waals surface area contributed by atoms with Gasteiger partial charge in [-0.15, -0.1) is 0 Å². The summed E-state index contributed by atoms with van der Waals surface area (Å²) in [6.45, 7) is 1.40. The zero-order valence-electron chi connectivity index (χ0n) is 14.9. The fraction of sp³-hybridized carbons (Fsp3) is 0.300. The van der Waals surface area contributed by atoms with Crippen molar-refractivity contribution in [1.29, 1.82) is 0 Å². The van der Waals surface area contributed by atoms with Crippen molar-refractivity contribution in [2.45, 2.75) is 18.8 Å². The number of halogens is 1. The van der Waals surface area contributed by atoms with E-state index < -0.39 is 0 Å². The standard InChI is InChI=1S/C20H19ClN4O2/c1-27-18-5-3-15(11-22-18)20(26)25-8-6-13(7-9-25)17-4-2-14-10-16(21)12-23-19(14)24-17/h2-5,10-13H,6-9H2,1H3. The van der Waals surface area contributed by atoms with Crippen molar-refractivity contribution in [3.8, 4) is 5.88 Å². The highest BCUT2D eigenvalue weighted by atomic mass is 35.5. The van der Waals surface area contributed by atoms with Gasteiger partial charge in [0.05, 0.1) is 17.7 Å². The maximum Gasteiger partial charge on any atom is 0.255 e. The molecule has 1 aliphatic rings. The number of hydrogen-bond donors (Lipinski definition) is 0. The molecule has 4 heterocycles. The summed E-state index contributed by atoms with van der Waals surface area (Å²) in [4.78, 5) is 27.6. The summed E-state index contributed by atoms with van der Waals surface area (Å²) in [5.74, 6) is 0.832. The van der Waals surface area contributed by atoms with Crippen LogP contribution in [0.1, 0.15) is 34.8 Å². The third-order valence-corrected chi connectivity index (χ3v) is 5.13. The summed E-state index contributed by atoms with van der Waals surface area (Å²) >= 11 is 5.98. The van der Waals surface area contributed by atoms with Crippen LogP contribution in [0, 0.1) is 0 Å². The van der Waals surface area contributed by atoms with Gasteiger partial charge in [0.1, 0.15) is 0 Å². The van der Waals surface area contributed by atoms with E-state index in [2.05, 4.69) is 9.97 Å². The lowest BCUT2D eigenvalue weighted by Gasteiger charge is -2.31. The molecule has 0 unspecified atom stereocenters. The van der Waals surface area contributed by atoms with Crippen LogP contribution in [0.2, 0.25) is 5.02 Å². The number of carbonyl (C=O) groups is 1. The molecule has 1 fully saturated rings. The van der Waals surface area contributed by atoms with Crippen molar-refractivity contribution in [3.63, 3.8) is 0 Å². The van der Waals surface area contributed by atoms with Crippen LogP contribution in [-0.4, -0.2) is 46.0 Å². The lowest BCUT2D eigenvalue weighted by Crippen LogP contribution is -2.38. The highest BCUT2D eigenvalue weighted by Crippen LogP contribution is 2.29. The summed E-state index contributed by atoms with van der Waals surface area (Å²) in [6, 6.07) is 9.37. The van der Waals surface area contributed by atoms with Gasteiger partial charge in [-0.05, 0) is 37.1 Å². The van der Waals surface area contributed by atoms with Gasteiger partial charge in [0, 0.05) is 48.5 Å². The van der Waals surface area contributed by atoms with Gasteiger partial charge in [0.2, 0.25) is 5.88 Å². The SMILES string of the molecule is COc1ccc(C(=O)N2CCC(c3ccc4cc(Cl)cnc4n3)CC2)cn1. The zero-order chi connectivity index (χ0) is 18.8. The number of pyridine rings is 3. The van der Waals surface area contributed by atoms with Crippen LogP contribution in [0.3, 0.4) is 0 Å². The number of amides is 1. The Hall–Kier alpha value is -2.73. The van der Waals surface area contributed by atoms with E-state index in [0.29, 0.717) is 41.1 Å². The second kappa shape index (κ2) is 7.48. The van der Waals surface area contributed by atoms with E-state index in [1.807, 2.05) is 23.1 Å². The van der Waals surface area contributed by atoms with E-state index >= 15 is 0 Å². The number of aromatic nitrogens is 3. The molecule has 0 saturated carbocycles. The Bertz CT molecular complexity index is 969. The minimum absolute atomic E-state index is 0.00591. The van der Waals surface area contributed by atoms with Crippen LogP contribution >= 0.6 is 11.6 Å². The molecule has 1 aliphatic heterocycles. The lowest BCUT2D eigenvalue weighted by atomic mass is 9.92. The minimum Gasteiger partial charge on any atom is -0.481 e. The van der Waals surface area contributed by atoms with Gasteiger partial charge in [-0.25, -0.2) is 15.0 Å². The first kappa shape index (κ1) is 17.7. The second-order valence-electron chi connectivity index (χ2n) is 6.59. The number of nitrogens with zero attached hydrogens (tertiary/aromatic N) is 4. The van der Waals surface area contributed by atoms with Crippen molar-refractivity contribution in [2.75, 3.05) is 20.2 Å². The molecular weight excluding hydrogens is 364 g/mol. The average molecular weight is 383 g/mol. The molecule has 0 radical (unpaired) electrons. The highest BCUT2D eigenvalue weighted by Gasteiger charge is 2.25. The van der Waals surface area contributed by atoms with E-state index in [9.17, 15) is 4.79 Å². The van der Waals surface area contributed by atoms with Crippen LogP contribution in [0.4, 0.5) is 0 Å². The zero-order valence-corrected chi connectivity index (χ0v) is 15.7. The lowest BCUT2D eigenvalue weighted by molar-refractivity contribution is 0.0711. The van der Waals surface area contributed by atoms with E-state index in [0.717, 1.165) is 23.9 Å². The molecule has 4 rings (SSSR count). The monoisotopic (exact) mass is 382 g/mol. The van der Waals surface area contributed by atoms with Crippen molar-refractivity contribution in [1.82, 2.24) is 19.9 Å². The molecule has 0 atom stereocenters. The molecule has 138 valence electrons. The number of fused-ring (bicyclic) bond motifs is 1. The molecule has 0 aliphatic carbocycles. The third kappa shape index (κ3) is 3.71. The van der Waals surface area contributed by atoms with E-state index in [1.165, 1.54) is 0 Å². The van der Waals surface area contributed by atoms with Gasteiger partial charge < -0.3 is 9.64 Å². The normalized spacial score (nSPS) is 15.1. The average Bonchev–Trinajstić information content (AvgIpc) is 2.73. The van der Waals surface area contributed by atoms with Gasteiger partial charge in [0.15, 0.2) is 5.65 Å². The number of hydrogen-bond acceptors (Lipinski definition) is 5. The Labute approximate surface area is 162 Å². The first-order valence-electron chi connectivity index (χ1n) is 8.85. The fourth-order valence-electron chi connectivity index (χ4n) is 3.41. The number of rotatable bonds is 3. The number of carbonyl (C=O) groups excluding carboxylic acids is 1. The molecule has 1 saturated heterocycles. The van der Waals surface area contributed by atoms with Gasteiger partial charge in [-0.1, -0.05) is 11.6 Å². The molecule has 6 nitrogen and oxygen atoms in total. The van der Waals surface area contributed by atoms with Crippen LogP contribution in [-0.2, 0) is 0 Å². The summed E-state index contributed by atoms with van der Waals surface area (Å²) in [5.41, 5.74) is 2.31. The topological polar surface area (TPSA) is 68.2 Å². The molecule has 1 amide bonds. The third-order valence-electron chi connectivity index (χ3n) is 4.92. The van der Waals surface area contributed by atoms with E-state index in [4.69, 9.17) is 21.3 Å². The van der Waals surface area contributed by atoms with Crippen molar-refractivity contribution in [3.05, 3.63) is 59.0 Å². The summed E-state index contributed by atoms with van der Waals surface area (Å²) in [6.07, 6.45) is 4.93. The van der Waals surface area contributed by atoms with Crippen LogP contribution < -0.4 is 4.74 Å². The van der Waals surface area contributed by atoms with Gasteiger partial charge in [-0.2, -0.15) is 0 Å². The first-order chi connectivity index (χ1) is 13.1. The molecule has 0 aromatic carbocycles. The number of piperidine rings is 1. The number of likely N-dealkylation sites (tertiary alicyclic amines) is 1. The molecule has 7 heteroatoms. The van der Waals surface area contributed by atoms with Gasteiger partial charge >= 0.3 is 0 Å². The molecular formula is C20H19ClN4O2. The minimum atomic E-state index is 0.00591. The Kier molecular flexibility index (Phi) is 4.90. The summed E-state index contributed by atoms with van der Waals surface area (Å²) < 4.78 is 5.04. The maximum atomic E-state index is 12.7. The smallest absolute Gasteiger partial charge is 0.255 e. The number of ether oxygens (including phenoxy) is 1. The highest BCUT2D eigenvalue weighted by molar-refractivity contribution is 6.31. The molecule has 27 heavy (non-hydrogen) atoms. The summed E-state index contributed by atoms with van der Waals surface area (Å²) in [5, 5.41) is 1.54. The molecule has 0 bridgehead atoms. The van der Waals surface area contributed by atoms with Gasteiger partial charge in [-0.3, -0.25) is 4.79 Å². The van der Waals surface area contributed by atoms with Crippen molar-refractivity contribution in [2.24, 2.45) is 0 Å². The van der Waals surface area contributed by atoms with Crippen molar-refractivity contribution >= 4 is 28.5 Å². The van der Waals surface area contributed by atoms with Crippen LogP contribution in [0.5, 0.6) is 5.88 Å². The second-order valence-corrected chi connectivity index (χ2v) is 7.03. The van der Waals surface area contributed by atoms with Crippen molar-refractivity contribution < 1.29 is 9.53 Å². The first-order valence-corrected chi connectivity index (χ1v) is 9.23. The Morgan fingerprint density at radius 3 is 2.67 bits per heavy atom. The van der Waals surface area contributed by atoms with Crippen LogP contribution in [0.25, 0.3) is 11.0 Å². The fourth-order valence-corrected chi connectivity index (χ4v) is 3.58. The van der Waals surface area contributed by atoms with Gasteiger partial charge in [0.25, 0.3) is 5.91 Å². The maximum absolute atomic E-state index is 12.7. The molecule has 3 aromatic rings. The Morgan fingerprint density at radius 2 is 1.96 bits per heavy atom. The Balaban J connectivity index is 1.43.